The summed E-state index contributed by atoms with van der Waals surface area (Å²) in [4.78, 5) is 54.8. The maximum absolute atomic E-state index is 13.9. The predicted octanol–water partition coefficient (Wildman–Crippen LogP) is 4.71. The third-order valence-corrected chi connectivity index (χ3v) is 11.8. The number of ketones is 3. The summed E-state index contributed by atoms with van der Waals surface area (Å²) in [6.45, 7) is 6.01. The van der Waals surface area contributed by atoms with Crippen molar-refractivity contribution < 1.29 is 24.3 Å². The molecule has 1 aromatic rings. The average molecular weight is 518 g/mol. The molecule has 0 radical (unpaired) electrons. The monoisotopic (exact) mass is 517 g/mol. The fourth-order valence-corrected chi connectivity index (χ4v) is 9.48. The largest absolute Gasteiger partial charge is 0.381 e. The Kier molecular flexibility index (Phi) is 5.54. The van der Waals surface area contributed by atoms with Crippen molar-refractivity contribution in [2.45, 2.75) is 89.6 Å². The minimum Gasteiger partial charge on any atom is -0.381 e. The van der Waals surface area contributed by atoms with Crippen LogP contribution in [0.3, 0.4) is 0 Å². The number of benzene rings is 1. The molecule has 1 amide bonds. The molecule has 0 bridgehead atoms. The van der Waals surface area contributed by atoms with Gasteiger partial charge in [0.1, 0.15) is 11.4 Å². The minimum atomic E-state index is -1.57. The van der Waals surface area contributed by atoms with Crippen LogP contribution in [0.25, 0.3) is 0 Å². The number of para-hydroxylation sites is 1. The molecule has 1 aliphatic heterocycles. The lowest BCUT2D eigenvalue weighted by Crippen LogP contribution is -2.60. The maximum atomic E-state index is 13.9. The second-order valence-corrected chi connectivity index (χ2v) is 13.4. The summed E-state index contributed by atoms with van der Waals surface area (Å²) in [7, 11) is 1.77. The van der Waals surface area contributed by atoms with Gasteiger partial charge in [-0.3, -0.25) is 19.2 Å². The number of anilines is 1. The average Bonchev–Trinajstić information content (AvgIpc) is 3.26. The van der Waals surface area contributed by atoms with Crippen LogP contribution in [-0.4, -0.2) is 41.0 Å². The Morgan fingerprint density at radius 3 is 2.55 bits per heavy atom. The van der Waals surface area contributed by atoms with Crippen LogP contribution in [0.1, 0.15) is 84.1 Å². The second kappa shape index (κ2) is 8.20. The zero-order chi connectivity index (χ0) is 27.3. The minimum absolute atomic E-state index is 0.0324. The summed E-state index contributed by atoms with van der Waals surface area (Å²) in [5, 5.41) is 12.1. The molecule has 0 saturated heterocycles. The number of carbonyl (C=O) groups is 4. The van der Waals surface area contributed by atoms with Crippen LogP contribution in [0.5, 0.6) is 0 Å². The van der Waals surface area contributed by atoms with Crippen LogP contribution in [0.15, 0.2) is 35.9 Å². The lowest BCUT2D eigenvalue weighted by atomic mass is 9.45. The molecule has 4 aliphatic carbocycles. The number of Topliss-reactive ketones (excluding diaryl/α,β-unsaturated/α-hetero) is 2. The Bertz CT molecular complexity index is 1300. The van der Waals surface area contributed by atoms with Crippen LogP contribution in [0.2, 0.25) is 0 Å². The summed E-state index contributed by atoms with van der Waals surface area (Å²) in [5.41, 5.74) is -0.577. The van der Waals surface area contributed by atoms with Crippen LogP contribution in [-0.2, 0) is 24.6 Å². The van der Waals surface area contributed by atoms with Crippen molar-refractivity contribution >= 4 is 28.9 Å². The molecule has 0 aromatic heterocycles. The van der Waals surface area contributed by atoms with Gasteiger partial charge in [0, 0.05) is 43.3 Å². The fraction of sp³-hybridized carbons (Fsp3) is 0.625. The van der Waals surface area contributed by atoms with E-state index in [0.717, 1.165) is 36.1 Å². The van der Waals surface area contributed by atoms with Crippen LogP contribution >= 0.6 is 0 Å². The van der Waals surface area contributed by atoms with E-state index in [0.29, 0.717) is 25.7 Å². The van der Waals surface area contributed by atoms with E-state index in [9.17, 15) is 24.3 Å². The van der Waals surface area contributed by atoms with Gasteiger partial charge in [-0.15, -0.1) is 0 Å². The number of carbonyl (C=O) groups excluding carboxylic acids is 4. The maximum Gasteiger partial charge on any atom is 0.237 e. The number of allylic oxidation sites excluding steroid dienone is 1. The number of nitrogens with zero attached hydrogens (tertiary/aromatic N) is 1. The Morgan fingerprint density at radius 1 is 1.05 bits per heavy atom. The van der Waals surface area contributed by atoms with Gasteiger partial charge < -0.3 is 10.0 Å². The molecule has 38 heavy (non-hydrogen) atoms. The van der Waals surface area contributed by atoms with E-state index >= 15 is 0 Å². The van der Waals surface area contributed by atoms with E-state index in [1.807, 2.05) is 38.1 Å². The first kappa shape index (κ1) is 25.7. The van der Waals surface area contributed by atoms with E-state index in [1.54, 1.807) is 18.0 Å². The highest BCUT2D eigenvalue weighted by Crippen LogP contribution is 2.66. The summed E-state index contributed by atoms with van der Waals surface area (Å²) < 4.78 is 0. The summed E-state index contributed by atoms with van der Waals surface area (Å²) in [5.74, 6) is 0.0911. The molecule has 7 atom stereocenters. The van der Waals surface area contributed by atoms with Crippen molar-refractivity contribution in [2.24, 2.45) is 28.6 Å². The van der Waals surface area contributed by atoms with Gasteiger partial charge in [0.2, 0.25) is 5.91 Å². The molecule has 0 spiro atoms. The molecule has 1 aromatic carbocycles. The van der Waals surface area contributed by atoms with Crippen LogP contribution in [0, 0.1) is 28.6 Å². The Labute approximate surface area is 224 Å². The molecule has 6 nitrogen and oxygen atoms in total. The number of hydrogen-bond acceptors (Lipinski definition) is 5. The topological polar surface area (TPSA) is 91.8 Å². The molecule has 0 unspecified atom stereocenters. The van der Waals surface area contributed by atoms with Gasteiger partial charge in [-0.2, -0.15) is 0 Å². The molecule has 3 fully saturated rings. The Morgan fingerprint density at radius 2 is 1.79 bits per heavy atom. The molecule has 1 N–H and O–H groups in total. The third kappa shape index (κ3) is 3.16. The van der Waals surface area contributed by atoms with E-state index in [2.05, 4.69) is 6.92 Å². The summed E-state index contributed by atoms with van der Waals surface area (Å²) in [6, 6.07) is 7.70. The van der Waals surface area contributed by atoms with Crippen molar-refractivity contribution in [2.75, 3.05) is 11.9 Å². The Hall–Kier alpha value is -2.60. The van der Waals surface area contributed by atoms with Gasteiger partial charge in [0.05, 0.1) is 5.41 Å². The van der Waals surface area contributed by atoms with Gasteiger partial charge in [-0.1, -0.05) is 37.6 Å². The lowest BCUT2D eigenvalue weighted by Gasteiger charge is -2.57. The fourth-order valence-electron chi connectivity index (χ4n) is 9.48. The molecule has 202 valence electrons. The molecule has 6 rings (SSSR count). The van der Waals surface area contributed by atoms with E-state index in [-0.39, 0.29) is 59.3 Å². The quantitative estimate of drug-likeness (QED) is 0.625. The molecule has 5 aliphatic rings. The highest BCUT2D eigenvalue weighted by atomic mass is 16.3. The summed E-state index contributed by atoms with van der Waals surface area (Å²) in [6.07, 6.45) is 6.32. The molecule has 1 heterocycles. The van der Waals surface area contributed by atoms with Gasteiger partial charge in [-0.05, 0) is 80.4 Å². The van der Waals surface area contributed by atoms with Crippen molar-refractivity contribution in [1.82, 2.24) is 0 Å². The zero-order valence-corrected chi connectivity index (χ0v) is 23.0. The van der Waals surface area contributed by atoms with Crippen molar-refractivity contribution in [1.29, 1.82) is 0 Å². The number of hydrogen-bond donors (Lipinski definition) is 1. The van der Waals surface area contributed by atoms with E-state index in [4.69, 9.17) is 0 Å². The zero-order valence-electron chi connectivity index (χ0n) is 23.0. The second-order valence-electron chi connectivity index (χ2n) is 13.4. The summed E-state index contributed by atoms with van der Waals surface area (Å²) >= 11 is 0. The molecular weight excluding hydrogens is 478 g/mol. The van der Waals surface area contributed by atoms with Crippen molar-refractivity contribution in [3.05, 3.63) is 41.5 Å². The van der Waals surface area contributed by atoms with Crippen LogP contribution < -0.4 is 4.90 Å². The number of rotatable bonds is 4. The SMILES string of the molecule is CN1C(=O)[C@@](C)(CCC(=O)[C@@]2(O)CC[C@H]3[C@@H]4CCC5=CC(=O)CC[C@]5(C)[C@H]4C(=O)C[C@@]32C)c2ccccc21. The number of aliphatic hydroxyl groups is 1. The first-order valence-corrected chi connectivity index (χ1v) is 14.3. The number of fused-ring (bicyclic) bond motifs is 6. The Balaban J connectivity index is 1.26. The van der Waals surface area contributed by atoms with Gasteiger partial charge in [0.15, 0.2) is 11.6 Å². The van der Waals surface area contributed by atoms with Gasteiger partial charge in [0.25, 0.3) is 0 Å². The number of amides is 1. The highest BCUT2D eigenvalue weighted by Gasteiger charge is 2.68. The first-order chi connectivity index (χ1) is 17.9. The van der Waals surface area contributed by atoms with E-state index < -0.39 is 16.4 Å². The molecule has 3 saturated carbocycles. The number of likely N-dealkylation sites (N-methyl/N-ethyl adjacent to an activating group) is 1. The van der Waals surface area contributed by atoms with Gasteiger partial charge in [-0.25, -0.2) is 0 Å². The van der Waals surface area contributed by atoms with Crippen molar-refractivity contribution in [3.8, 4) is 0 Å². The molecule has 6 heteroatoms. The van der Waals surface area contributed by atoms with Crippen molar-refractivity contribution in [3.63, 3.8) is 0 Å². The normalized spacial score (nSPS) is 41.8. The predicted molar refractivity (Wildman–Crippen MR) is 143 cm³/mol. The lowest BCUT2D eigenvalue weighted by molar-refractivity contribution is -0.169. The van der Waals surface area contributed by atoms with E-state index in [1.165, 1.54) is 0 Å². The smallest absolute Gasteiger partial charge is 0.237 e. The highest BCUT2D eigenvalue weighted by molar-refractivity contribution is 6.07. The molecular formula is C32H39NO5. The first-order valence-electron chi connectivity index (χ1n) is 14.3. The standard InChI is InChI=1S/C32H39NO5/c1-29-14-11-20(34)17-19(29)9-10-21-22-12-16-32(38,31(22,3)18-25(35)27(21)29)26(36)13-15-30(2)23-7-5-6-8-24(23)33(4)28(30)37/h5-8,17,21-22,27,38H,9-16,18H2,1-4H3/t21-,22-,27+,29-,30-,31-,32-/m0/s1. The van der Waals surface area contributed by atoms with Gasteiger partial charge >= 0.3 is 0 Å². The third-order valence-electron chi connectivity index (χ3n) is 11.8. The van der Waals surface area contributed by atoms with Crippen LogP contribution in [0.4, 0.5) is 5.69 Å².